The molecule has 2 atom stereocenters. The number of hydrogen-bond acceptors (Lipinski definition) is 2. The number of nitrogens with one attached hydrogen (secondary N) is 1. The smallest absolute Gasteiger partial charge is 0.242 e. The number of rotatable bonds is 7. The number of aromatic nitrogens is 2. The van der Waals surface area contributed by atoms with Crippen LogP contribution < -0.4 is 5.32 Å². The second kappa shape index (κ2) is 8.65. The molecule has 1 aromatic carbocycles. The number of carbonyl (C=O) groups is 1. The highest BCUT2D eigenvalue weighted by atomic mass is 79.9. The third kappa shape index (κ3) is 4.72. The lowest BCUT2D eigenvalue weighted by molar-refractivity contribution is -0.122. The van der Waals surface area contributed by atoms with Gasteiger partial charge in [-0.2, -0.15) is 5.10 Å². The summed E-state index contributed by atoms with van der Waals surface area (Å²) in [7, 11) is 0. The second-order valence-corrected chi connectivity index (χ2v) is 7.44. The number of benzene rings is 1. The van der Waals surface area contributed by atoms with Crippen LogP contribution in [0.15, 0.2) is 28.7 Å². The zero-order chi connectivity index (χ0) is 18.6. The molecule has 1 N–H and O–H groups in total. The molecule has 0 aliphatic rings. The SMILES string of the molecule is CCC(C)c1ccc(C(CC)NC(=O)Cn2nc(C)c(Br)c2C)cc1. The fourth-order valence-corrected chi connectivity index (χ4v) is 3.20. The average molecular weight is 406 g/mol. The van der Waals surface area contributed by atoms with E-state index in [4.69, 9.17) is 0 Å². The topological polar surface area (TPSA) is 46.9 Å². The quantitative estimate of drug-likeness (QED) is 0.700. The molecule has 0 aliphatic heterocycles. The molecule has 1 aromatic heterocycles. The lowest BCUT2D eigenvalue weighted by Gasteiger charge is -2.19. The summed E-state index contributed by atoms with van der Waals surface area (Å²) >= 11 is 3.50. The highest BCUT2D eigenvalue weighted by molar-refractivity contribution is 9.10. The van der Waals surface area contributed by atoms with E-state index in [0.29, 0.717) is 5.92 Å². The highest BCUT2D eigenvalue weighted by Gasteiger charge is 2.16. The van der Waals surface area contributed by atoms with Gasteiger partial charge in [-0.25, -0.2) is 0 Å². The van der Waals surface area contributed by atoms with Crippen molar-refractivity contribution in [1.82, 2.24) is 15.1 Å². The first-order chi connectivity index (χ1) is 11.9. The van der Waals surface area contributed by atoms with Gasteiger partial charge in [-0.1, -0.05) is 45.0 Å². The Morgan fingerprint density at radius 3 is 2.24 bits per heavy atom. The van der Waals surface area contributed by atoms with Crippen LogP contribution in [0.5, 0.6) is 0 Å². The van der Waals surface area contributed by atoms with Gasteiger partial charge in [0, 0.05) is 0 Å². The minimum Gasteiger partial charge on any atom is -0.348 e. The van der Waals surface area contributed by atoms with E-state index >= 15 is 0 Å². The molecule has 1 amide bonds. The summed E-state index contributed by atoms with van der Waals surface area (Å²) in [5.41, 5.74) is 4.37. The lowest BCUT2D eigenvalue weighted by atomic mass is 9.95. The standard InChI is InChI=1S/C20H28BrN3O/c1-6-13(3)16-8-10-17(11-9-16)18(7-2)22-19(25)12-24-15(5)20(21)14(4)23-24/h8-11,13,18H,6-7,12H2,1-5H3,(H,22,25). The summed E-state index contributed by atoms with van der Waals surface area (Å²) in [6.07, 6.45) is 1.99. The molecule has 2 aromatic rings. The average Bonchev–Trinajstić information content (AvgIpc) is 2.86. The first-order valence-electron chi connectivity index (χ1n) is 8.96. The van der Waals surface area contributed by atoms with E-state index in [1.807, 2.05) is 13.8 Å². The van der Waals surface area contributed by atoms with Crippen LogP contribution in [0, 0.1) is 13.8 Å². The first-order valence-corrected chi connectivity index (χ1v) is 9.75. The van der Waals surface area contributed by atoms with Crippen molar-refractivity contribution in [2.45, 2.75) is 66.0 Å². The van der Waals surface area contributed by atoms with Crippen molar-refractivity contribution in [2.24, 2.45) is 0 Å². The van der Waals surface area contributed by atoms with Crippen LogP contribution in [0.2, 0.25) is 0 Å². The molecule has 5 heteroatoms. The van der Waals surface area contributed by atoms with E-state index in [0.717, 1.165) is 34.3 Å². The van der Waals surface area contributed by atoms with Gasteiger partial charge < -0.3 is 5.32 Å². The zero-order valence-corrected chi connectivity index (χ0v) is 17.4. The minimum atomic E-state index is -0.0176. The summed E-state index contributed by atoms with van der Waals surface area (Å²) in [5.74, 6) is 0.546. The van der Waals surface area contributed by atoms with Crippen LogP contribution in [0.4, 0.5) is 0 Å². The van der Waals surface area contributed by atoms with Gasteiger partial charge in [0.05, 0.1) is 21.9 Å². The fourth-order valence-electron chi connectivity index (χ4n) is 2.92. The molecule has 0 aliphatic carbocycles. The Kier molecular flexibility index (Phi) is 6.82. The summed E-state index contributed by atoms with van der Waals surface area (Å²) in [6.45, 7) is 10.7. The molecule has 0 bridgehead atoms. The maximum atomic E-state index is 12.5. The van der Waals surface area contributed by atoms with Gasteiger partial charge in [0.25, 0.3) is 0 Å². The number of carbonyl (C=O) groups excluding carboxylic acids is 1. The normalized spacial score (nSPS) is 13.5. The lowest BCUT2D eigenvalue weighted by Crippen LogP contribution is -2.31. The summed E-state index contributed by atoms with van der Waals surface area (Å²) in [4.78, 5) is 12.5. The Bertz CT molecular complexity index is 721. The van der Waals surface area contributed by atoms with E-state index in [9.17, 15) is 4.79 Å². The van der Waals surface area contributed by atoms with Crippen LogP contribution in [0.3, 0.4) is 0 Å². The Balaban J connectivity index is 2.05. The predicted octanol–water partition coefficient (Wildman–Crippen LogP) is 5.04. The van der Waals surface area contributed by atoms with Crippen LogP contribution in [-0.2, 0) is 11.3 Å². The molecule has 0 spiro atoms. The summed E-state index contributed by atoms with van der Waals surface area (Å²) in [6, 6.07) is 8.65. The van der Waals surface area contributed by atoms with Crippen LogP contribution in [0.25, 0.3) is 0 Å². The van der Waals surface area contributed by atoms with Gasteiger partial charge in [-0.15, -0.1) is 0 Å². The number of nitrogens with zero attached hydrogens (tertiary/aromatic N) is 2. The molecule has 25 heavy (non-hydrogen) atoms. The molecule has 0 fully saturated rings. The maximum absolute atomic E-state index is 12.5. The Labute approximate surface area is 159 Å². The molecule has 2 rings (SSSR count). The number of hydrogen-bond donors (Lipinski definition) is 1. The molecule has 2 unspecified atom stereocenters. The Morgan fingerprint density at radius 1 is 1.16 bits per heavy atom. The number of aryl methyl sites for hydroxylation is 1. The van der Waals surface area contributed by atoms with Crippen LogP contribution >= 0.6 is 15.9 Å². The van der Waals surface area contributed by atoms with Gasteiger partial charge in [-0.05, 0) is 59.7 Å². The highest BCUT2D eigenvalue weighted by Crippen LogP contribution is 2.23. The zero-order valence-electron chi connectivity index (χ0n) is 15.8. The van der Waals surface area contributed by atoms with E-state index in [1.54, 1.807) is 4.68 Å². The number of amides is 1. The molecular weight excluding hydrogens is 378 g/mol. The third-order valence-electron chi connectivity index (χ3n) is 4.85. The van der Waals surface area contributed by atoms with Gasteiger partial charge >= 0.3 is 0 Å². The first kappa shape index (κ1) is 19.7. The van der Waals surface area contributed by atoms with Crippen LogP contribution in [-0.4, -0.2) is 15.7 Å². The van der Waals surface area contributed by atoms with Crippen molar-refractivity contribution in [3.8, 4) is 0 Å². The molecule has 4 nitrogen and oxygen atoms in total. The molecule has 0 saturated carbocycles. The van der Waals surface area contributed by atoms with E-state index < -0.39 is 0 Å². The fraction of sp³-hybridized carbons (Fsp3) is 0.500. The van der Waals surface area contributed by atoms with E-state index in [2.05, 4.69) is 71.4 Å². The second-order valence-electron chi connectivity index (χ2n) is 6.65. The molecule has 0 radical (unpaired) electrons. The Hall–Kier alpha value is -1.62. The monoisotopic (exact) mass is 405 g/mol. The van der Waals surface area contributed by atoms with Crippen molar-refractivity contribution < 1.29 is 4.79 Å². The van der Waals surface area contributed by atoms with Gasteiger partial charge in [0.15, 0.2) is 0 Å². The molecule has 0 saturated heterocycles. The minimum absolute atomic E-state index is 0.0176. The molecule has 1 heterocycles. The molecular formula is C20H28BrN3O. The van der Waals surface area contributed by atoms with Gasteiger partial charge in [-0.3, -0.25) is 9.48 Å². The molecule has 136 valence electrons. The van der Waals surface area contributed by atoms with Crippen molar-refractivity contribution in [3.63, 3.8) is 0 Å². The van der Waals surface area contributed by atoms with Gasteiger partial charge in [0.1, 0.15) is 6.54 Å². The van der Waals surface area contributed by atoms with Crippen molar-refractivity contribution >= 4 is 21.8 Å². The summed E-state index contributed by atoms with van der Waals surface area (Å²) < 4.78 is 2.71. The van der Waals surface area contributed by atoms with Gasteiger partial charge in [0.2, 0.25) is 5.91 Å². The third-order valence-corrected chi connectivity index (χ3v) is 6.00. The summed E-state index contributed by atoms with van der Waals surface area (Å²) in [5, 5.41) is 7.54. The predicted molar refractivity (Wildman–Crippen MR) is 106 cm³/mol. The maximum Gasteiger partial charge on any atom is 0.242 e. The Morgan fingerprint density at radius 2 is 1.76 bits per heavy atom. The van der Waals surface area contributed by atoms with Crippen LogP contribution in [0.1, 0.15) is 68.1 Å². The van der Waals surface area contributed by atoms with Crippen molar-refractivity contribution in [2.75, 3.05) is 0 Å². The van der Waals surface area contributed by atoms with E-state index in [1.165, 1.54) is 5.56 Å². The number of halogens is 1. The van der Waals surface area contributed by atoms with E-state index in [-0.39, 0.29) is 18.5 Å². The van der Waals surface area contributed by atoms with Crippen molar-refractivity contribution in [3.05, 3.63) is 51.3 Å². The van der Waals surface area contributed by atoms with Crippen molar-refractivity contribution in [1.29, 1.82) is 0 Å². The largest absolute Gasteiger partial charge is 0.348 e.